The summed E-state index contributed by atoms with van der Waals surface area (Å²) in [4.78, 5) is 37.9. The molecule has 1 aliphatic heterocycles. The van der Waals surface area contributed by atoms with E-state index in [1.54, 1.807) is 45.9 Å². The summed E-state index contributed by atoms with van der Waals surface area (Å²) >= 11 is 0. The highest BCUT2D eigenvalue weighted by Crippen LogP contribution is 2.40. The molecule has 12 nitrogen and oxygen atoms in total. The van der Waals surface area contributed by atoms with Crippen molar-refractivity contribution in [2.24, 2.45) is 4.99 Å². The lowest BCUT2D eigenvalue weighted by molar-refractivity contribution is -0.173. The Kier molecular flexibility index (Phi) is 13.6. The number of alkyl halides is 3. The number of hydrogen-bond acceptors (Lipinski definition) is 10. The average molecular weight is 816 g/mol. The molecule has 2 aromatic heterocycles. The van der Waals surface area contributed by atoms with Gasteiger partial charge in [0.1, 0.15) is 16.9 Å². The smallest absolute Gasteiger partial charge is 0.405 e. The van der Waals surface area contributed by atoms with E-state index in [0.29, 0.717) is 6.42 Å². The fraction of sp³-hybridized carbons (Fsp3) is 0.432. The summed E-state index contributed by atoms with van der Waals surface area (Å²) in [6.07, 6.45) is -3.21. The van der Waals surface area contributed by atoms with Crippen LogP contribution in [0.4, 0.5) is 19.1 Å². The number of benzene rings is 2. The first-order valence-electron chi connectivity index (χ1n) is 17.4. The minimum absolute atomic E-state index is 0.00773. The molecule has 0 bridgehead atoms. The van der Waals surface area contributed by atoms with E-state index < -0.39 is 50.9 Å². The molecule has 4 atom stereocenters. The van der Waals surface area contributed by atoms with Crippen molar-refractivity contribution in [3.63, 3.8) is 0 Å². The summed E-state index contributed by atoms with van der Waals surface area (Å²) < 4.78 is 60.2. The number of amides is 1. The first-order chi connectivity index (χ1) is 26.0. The van der Waals surface area contributed by atoms with E-state index in [0.717, 1.165) is 10.4 Å². The van der Waals surface area contributed by atoms with Crippen LogP contribution < -0.4 is 21.2 Å². The molecule has 1 amide bonds. The van der Waals surface area contributed by atoms with Gasteiger partial charge in [-0.25, -0.2) is 9.67 Å². The van der Waals surface area contributed by atoms with Crippen LogP contribution >= 0.6 is 21.6 Å². The molecule has 0 saturated carbocycles. The van der Waals surface area contributed by atoms with Crippen molar-refractivity contribution in [2.75, 3.05) is 33.5 Å². The van der Waals surface area contributed by atoms with Gasteiger partial charge in [0, 0.05) is 20.5 Å². The average Bonchev–Trinajstić information content (AvgIpc) is 3.70. The zero-order valence-electron chi connectivity index (χ0n) is 31.5. The number of fused-ring (bicyclic) bond motifs is 1. The van der Waals surface area contributed by atoms with Crippen LogP contribution in [0.5, 0.6) is 0 Å². The van der Waals surface area contributed by atoms with Crippen molar-refractivity contribution >= 4 is 69.5 Å². The lowest BCUT2D eigenvalue weighted by Crippen LogP contribution is -2.67. The van der Waals surface area contributed by atoms with E-state index in [9.17, 15) is 22.8 Å². The van der Waals surface area contributed by atoms with E-state index in [4.69, 9.17) is 13.9 Å². The van der Waals surface area contributed by atoms with Gasteiger partial charge in [-0.15, -0.1) is 0 Å². The highest BCUT2D eigenvalue weighted by atomic mass is 33.1. The van der Waals surface area contributed by atoms with Crippen molar-refractivity contribution < 1.29 is 31.9 Å². The predicted molar refractivity (Wildman–Crippen MR) is 213 cm³/mol. The van der Waals surface area contributed by atoms with Gasteiger partial charge in [-0.1, -0.05) is 109 Å². The number of nitrogens with one attached hydrogen (secondary N) is 2. The molecule has 0 radical (unpaired) electrons. The lowest BCUT2D eigenvalue weighted by atomic mass is 10.2. The highest BCUT2D eigenvalue weighted by molar-refractivity contribution is 8.76. The minimum atomic E-state index is -5.07. The molecule has 1 unspecified atom stereocenters. The fourth-order valence-corrected chi connectivity index (χ4v) is 12.4. The lowest BCUT2D eigenvalue weighted by Gasteiger charge is -2.43. The standard InChI is InChI=1S/C37H44F3N7O5S2Si/c1-24(54-53-7)51-28-21-30(52-29(28)22-50-55(36(2,3)4,25-15-10-8-11-16-25)26-17-12-9-13-18-26)47-32-31(33(48)44-35(43-32)42-23-46(5)6)27(45-47)19-14-20-41-34(49)37(38,39)40/h8-13,15-18,23-24,28-30H,20-22H2,1-7H3,(H,41,49)(H,43,44,48)/t24?,28-,29-,30-/m1/s1. The summed E-state index contributed by atoms with van der Waals surface area (Å²) in [5.41, 5.74) is -0.795. The first-order valence-corrected chi connectivity index (χ1v) is 21.9. The zero-order valence-corrected chi connectivity index (χ0v) is 34.1. The third kappa shape index (κ3) is 9.82. The Morgan fingerprint density at radius 1 is 1.16 bits per heavy atom. The molecule has 1 saturated heterocycles. The second-order valence-electron chi connectivity index (χ2n) is 13.9. The van der Waals surface area contributed by atoms with E-state index in [2.05, 4.69) is 76.9 Å². The molecular weight excluding hydrogens is 772 g/mol. The topological polar surface area (TPSA) is 136 Å². The molecule has 0 aliphatic carbocycles. The Labute approximate surface area is 326 Å². The maximum absolute atomic E-state index is 13.5. The quantitative estimate of drug-likeness (QED) is 0.0476. The number of nitrogens with zero attached hydrogens (tertiary/aromatic N) is 5. The van der Waals surface area contributed by atoms with E-state index in [1.807, 2.05) is 49.6 Å². The third-order valence-corrected chi connectivity index (χ3v) is 15.7. The van der Waals surface area contributed by atoms with Crippen LogP contribution in [0.1, 0.15) is 46.0 Å². The summed E-state index contributed by atoms with van der Waals surface area (Å²) in [5, 5.41) is 8.20. The summed E-state index contributed by atoms with van der Waals surface area (Å²) in [6, 6.07) is 20.5. The SMILES string of the molecule is CSSC(C)O[C@@H]1C[C@H](n2nc(C#CCNC(=O)C(F)(F)F)c3c(=O)[nH]c(N=CN(C)C)nc32)O[C@@H]1CO[Si](c1ccccc1)(c1ccccc1)C(C)(C)C. The summed E-state index contributed by atoms with van der Waals surface area (Å²) in [5.74, 6) is 2.96. The third-order valence-electron chi connectivity index (χ3n) is 8.69. The van der Waals surface area contributed by atoms with Gasteiger partial charge in [-0.3, -0.25) is 14.6 Å². The number of hydrogen-bond donors (Lipinski definition) is 2. The number of rotatable bonds is 13. The van der Waals surface area contributed by atoms with Gasteiger partial charge in [-0.2, -0.15) is 23.3 Å². The fourth-order valence-electron chi connectivity index (χ4n) is 6.42. The van der Waals surface area contributed by atoms with Gasteiger partial charge < -0.3 is 24.1 Å². The van der Waals surface area contributed by atoms with Crippen LogP contribution in [0.3, 0.4) is 0 Å². The number of H-pyrrole nitrogens is 1. The molecule has 2 N–H and O–H groups in total. The van der Waals surface area contributed by atoms with Crippen molar-refractivity contribution in [3.8, 4) is 11.8 Å². The summed E-state index contributed by atoms with van der Waals surface area (Å²) in [7, 11) is 3.67. The Bertz CT molecular complexity index is 2040. The number of carbonyl (C=O) groups excluding carboxylic acids is 1. The normalized spacial score (nSPS) is 18.3. The molecular formula is C37H44F3N7O5S2Si. The molecule has 4 aromatic rings. The number of ether oxygens (including phenoxy) is 2. The van der Waals surface area contributed by atoms with Crippen LogP contribution in [0, 0.1) is 11.8 Å². The van der Waals surface area contributed by atoms with Crippen LogP contribution in [0.15, 0.2) is 70.5 Å². The largest absolute Gasteiger partial charge is 0.471 e. The monoisotopic (exact) mass is 815 g/mol. The second kappa shape index (κ2) is 17.8. The molecule has 2 aromatic carbocycles. The molecule has 55 heavy (non-hydrogen) atoms. The first kappa shape index (κ1) is 42.0. The molecule has 1 fully saturated rings. The Balaban J connectivity index is 1.56. The minimum Gasteiger partial charge on any atom is -0.405 e. The molecule has 1 aliphatic rings. The van der Waals surface area contributed by atoms with Gasteiger partial charge in [0.15, 0.2) is 17.6 Å². The van der Waals surface area contributed by atoms with Gasteiger partial charge in [-0.05, 0) is 34.5 Å². The van der Waals surface area contributed by atoms with Gasteiger partial charge >= 0.3 is 12.1 Å². The van der Waals surface area contributed by atoms with Gasteiger partial charge in [0.2, 0.25) is 5.95 Å². The van der Waals surface area contributed by atoms with Crippen molar-refractivity contribution in [1.29, 1.82) is 0 Å². The molecule has 294 valence electrons. The van der Waals surface area contributed by atoms with Crippen molar-refractivity contribution in [2.45, 2.75) is 69.2 Å². The number of aromatic amines is 1. The van der Waals surface area contributed by atoms with Gasteiger partial charge in [0.05, 0.1) is 25.6 Å². The Morgan fingerprint density at radius 2 is 1.80 bits per heavy atom. The van der Waals surface area contributed by atoms with E-state index >= 15 is 0 Å². The molecule has 18 heteroatoms. The van der Waals surface area contributed by atoms with E-state index in [-0.39, 0.29) is 39.8 Å². The van der Waals surface area contributed by atoms with Crippen LogP contribution in [0.25, 0.3) is 11.0 Å². The zero-order chi connectivity index (χ0) is 40.0. The second-order valence-corrected chi connectivity index (χ2v) is 21.0. The van der Waals surface area contributed by atoms with Crippen molar-refractivity contribution in [3.05, 3.63) is 76.7 Å². The summed E-state index contributed by atoms with van der Waals surface area (Å²) in [6.45, 7) is 8.06. The number of aromatic nitrogens is 4. The number of carbonyl (C=O) groups is 1. The van der Waals surface area contributed by atoms with Gasteiger partial charge in [0.25, 0.3) is 13.9 Å². The molecule has 0 spiro atoms. The molecule has 3 heterocycles. The highest BCUT2D eigenvalue weighted by Gasteiger charge is 2.51. The Morgan fingerprint density at radius 3 is 2.36 bits per heavy atom. The van der Waals surface area contributed by atoms with Crippen molar-refractivity contribution in [1.82, 2.24) is 30.0 Å². The predicted octanol–water partition coefficient (Wildman–Crippen LogP) is 4.98. The maximum atomic E-state index is 13.5. The van der Waals surface area contributed by atoms with E-state index in [1.165, 1.54) is 11.0 Å². The maximum Gasteiger partial charge on any atom is 0.471 e. The van der Waals surface area contributed by atoms with Crippen LogP contribution in [-0.4, -0.2) is 103 Å². The Hall–Kier alpha value is -4.12. The van der Waals surface area contributed by atoms with Crippen LogP contribution in [-0.2, 0) is 18.7 Å². The number of aliphatic imine (C=N–C) groups is 1. The molecule has 5 rings (SSSR count). The van der Waals surface area contributed by atoms with Crippen LogP contribution in [0.2, 0.25) is 5.04 Å². The number of halogens is 3.